The minimum Gasteiger partial charge on any atom is -0.370 e. The predicted octanol–water partition coefficient (Wildman–Crippen LogP) is 2.84. The number of nitrogens with zero attached hydrogens (tertiary/aromatic N) is 1. The average Bonchev–Trinajstić information content (AvgIpc) is 3.09. The molecule has 4 aliphatic carbocycles. The Morgan fingerprint density at radius 3 is 2.54 bits per heavy atom. The average molecular weight is 350 g/mol. The maximum atomic E-state index is 13.3. The standard InChI is InChI=1S/C18H26N2O3S/c1-2-23-20-14-9-22-10-15(14)24-17(20)19-16(21)18-6-11-3-12(7-18)5-13(4-11)8-18/h11-13,17H,2-10H2,1H3,(H,19,21). The number of amides is 1. The second kappa shape index (κ2) is 5.64. The van der Waals surface area contributed by atoms with Gasteiger partial charge in [0.25, 0.3) is 0 Å². The van der Waals surface area contributed by atoms with E-state index in [0.29, 0.717) is 19.8 Å². The summed E-state index contributed by atoms with van der Waals surface area (Å²) in [5, 5.41) is 5.21. The van der Waals surface area contributed by atoms with Crippen LogP contribution in [0.3, 0.4) is 0 Å². The number of carbonyl (C=O) groups excluding carboxylic acids is 1. The van der Waals surface area contributed by atoms with E-state index >= 15 is 0 Å². The third-order valence-electron chi connectivity index (χ3n) is 6.57. The van der Waals surface area contributed by atoms with Crippen LogP contribution in [-0.2, 0) is 14.4 Å². The molecule has 6 heteroatoms. The molecule has 2 aliphatic heterocycles. The minimum atomic E-state index is -0.126. The number of carbonyl (C=O) groups is 1. The quantitative estimate of drug-likeness (QED) is 0.845. The Hall–Kier alpha value is -0.720. The van der Waals surface area contributed by atoms with Gasteiger partial charge >= 0.3 is 0 Å². The van der Waals surface area contributed by atoms with Gasteiger partial charge in [-0.1, -0.05) is 11.8 Å². The number of hydrogen-bond acceptors (Lipinski definition) is 5. The van der Waals surface area contributed by atoms with Crippen LogP contribution in [0.1, 0.15) is 45.4 Å². The van der Waals surface area contributed by atoms with Gasteiger partial charge in [0, 0.05) is 4.91 Å². The molecule has 0 radical (unpaired) electrons. The number of hydroxylamine groups is 2. The first-order chi connectivity index (χ1) is 11.7. The molecule has 0 aromatic carbocycles. The van der Waals surface area contributed by atoms with Crippen molar-refractivity contribution in [3.63, 3.8) is 0 Å². The lowest BCUT2D eigenvalue weighted by molar-refractivity contribution is -0.161. The van der Waals surface area contributed by atoms with Crippen molar-refractivity contribution in [3.05, 3.63) is 10.6 Å². The van der Waals surface area contributed by atoms with Crippen molar-refractivity contribution in [2.75, 3.05) is 19.8 Å². The molecule has 2 heterocycles. The Morgan fingerprint density at radius 2 is 1.92 bits per heavy atom. The first kappa shape index (κ1) is 15.5. The van der Waals surface area contributed by atoms with E-state index in [1.165, 1.54) is 24.2 Å². The van der Waals surface area contributed by atoms with Crippen LogP contribution in [-0.4, -0.2) is 36.3 Å². The largest absolute Gasteiger partial charge is 0.370 e. The monoisotopic (exact) mass is 350 g/mol. The van der Waals surface area contributed by atoms with E-state index in [4.69, 9.17) is 9.57 Å². The van der Waals surface area contributed by atoms with Gasteiger partial charge < -0.3 is 10.1 Å². The SMILES string of the molecule is CCON1C2=C(COC2)SC1NC(=O)C12CC3CC(CC(C3)C1)C2. The van der Waals surface area contributed by atoms with Crippen LogP contribution in [0.5, 0.6) is 0 Å². The molecule has 24 heavy (non-hydrogen) atoms. The van der Waals surface area contributed by atoms with Gasteiger partial charge in [0.15, 0.2) is 5.50 Å². The molecule has 132 valence electrons. The summed E-state index contributed by atoms with van der Waals surface area (Å²) in [5.74, 6) is 2.64. The molecule has 0 aromatic heterocycles. The van der Waals surface area contributed by atoms with Crippen molar-refractivity contribution in [1.29, 1.82) is 0 Å². The highest BCUT2D eigenvalue weighted by Gasteiger charge is 2.55. The third kappa shape index (κ3) is 2.33. The summed E-state index contributed by atoms with van der Waals surface area (Å²) >= 11 is 1.69. The lowest BCUT2D eigenvalue weighted by Gasteiger charge is -2.55. The summed E-state index contributed by atoms with van der Waals surface area (Å²) < 4.78 is 5.51. The molecule has 4 bridgehead atoms. The van der Waals surface area contributed by atoms with E-state index in [2.05, 4.69) is 5.32 Å². The molecule has 0 aromatic rings. The molecule has 1 amide bonds. The van der Waals surface area contributed by atoms with Gasteiger partial charge in [-0.2, -0.15) is 0 Å². The second-order valence-corrected chi connectivity index (χ2v) is 9.42. The Labute approximate surface area is 147 Å². The van der Waals surface area contributed by atoms with Crippen molar-refractivity contribution in [1.82, 2.24) is 10.4 Å². The summed E-state index contributed by atoms with van der Waals surface area (Å²) in [6.07, 6.45) is 7.40. The molecule has 4 saturated carbocycles. The van der Waals surface area contributed by atoms with Crippen LogP contribution >= 0.6 is 11.8 Å². The maximum Gasteiger partial charge on any atom is 0.228 e. The number of thioether (sulfide) groups is 1. The lowest BCUT2D eigenvalue weighted by Crippen LogP contribution is -2.56. The summed E-state index contributed by atoms with van der Waals surface area (Å²) in [6, 6.07) is 0. The Kier molecular flexibility index (Phi) is 3.65. The predicted molar refractivity (Wildman–Crippen MR) is 91.4 cm³/mol. The number of ether oxygens (including phenoxy) is 1. The first-order valence-electron chi connectivity index (χ1n) is 9.36. The van der Waals surface area contributed by atoms with Gasteiger partial charge in [0.2, 0.25) is 5.91 Å². The Morgan fingerprint density at radius 1 is 1.25 bits per heavy atom. The van der Waals surface area contributed by atoms with Gasteiger partial charge in [-0.15, -0.1) is 0 Å². The Balaban J connectivity index is 1.32. The fraction of sp³-hybridized carbons (Fsp3) is 0.833. The number of rotatable bonds is 4. The zero-order valence-corrected chi connectivity index (χ0v) is 15.1. The summed E-state index contributed by atoms with van der Waals surface area (Å²) in [4.78, 5) is 20.3. The van der Waals surface area contributed by atoms with Crippen molar-refractivity contribution in [3.8, 4) is 0 Å². The summed E-state index contributed by atoms with van der Waals surface area (Å²) in [7, 11) is 0. The molecular formula is C18H26N2O3S. The van der Waals surface area contributed by atoms with E-state index in [0.717, 1.165) is 42.7 Å². The molecule has 4 fully saturated rings. The molecular weight excluding hydrogens is 324 g/mol. The number of nitrogens with one attached hydrogen (secondary N) is 1. The normalized spacial score (nSPS) is 42.8. The summed E-state index contributed by atoms with van der Waals surface area (Å²) in [6.45, 7) is 3.82. The van der Waals surface area contributed by atoms with Gasteiger partial charge in [-0.3, -0.25) is 9.63 Å². The van der Waals surface area contributed by atoms with E-state index < -0.39 is 0 Å². The van der Waals surface area contributed by atoms with Crippen LogP contribution in [0.2, 0.25) is 0 Å². The molecule has 0 spiro atoms. The molecule has 1 N–H and O–H groups in total. The maximum absolute atomic E-state index is 13.3. The highest BCUT2D eigenvalue weighted by molar-refractivity contribution is 8.03. The van der Waals surface area contributed by atoms with Crippen LogP contribution in [0.15, 0.2) is 10.6 Å². The fourth-order valence-corrected chi connectivity index (χ4v) is 7.20. The van der Waals surface area contributed by atoms with Gasteiger partial charge in [-0.05, 0) is 63.2 Å². The van der Waals surface area contributed by atoms with Crippen molar-refractivity contribution in [2.45, 2.75) is 50.9 Å². The van der Waals surface area contributed by atoms with Crippen molar-refractivity contribution in [2.24, 2.45) is 23.2 Å². The van der Waals surface area contributed by atoms with Crippen LogP contribution < -0.4 is 5.32 Å². The van der Waals surface area contributed by atoms with E-state index in [1.54, 1.807) is 11.8 Å². The van der Waals surface area contributed by atoms with Crippen LogP contribution in [0.4, 0.5) is 0 Å². The smallest absolute Gasteiger partial charge is 0.228 e. The third-order valence-corrected chi connectivity index (χ3v) is 7.74. The Bertz CT molecular complexity index is 556. The molecule has 1 unspecified atom stereocenters. The number of hydrogen-bond donors (Lipinski definition) is 1. The van der Waals surface area contributed by atoms with Crippen LogP contribution in [0, 0.1) is 23.2 Å². The molecule has 6 aliphatic rings. The molecule has 5 nitrogen and oxygen atoms in total. The van der Waals surface area contributed by atoms with E-state index in [9.17, 15) is 4.79 Å². The second-order valence-electron chi connectivity index (χ2n) is 8.25. The lowest BCUT2D eigenvalue weighted by atomic mass is 9.49. The van der Waals surface area contributed by atoms with E-state index in [-0.39, 0.29) is 16.8 Å². The van der Waals surface area contributed by atoms with Gasteiger partial charge in [-0.25, -0.2) is 5.06 Å². The zero-order valence-electron chi connectivity index (χ0n) is 14.3. The highest BCUT2D eigenvalue weighted by Crippen LogP contribution is 2.60. The minimum absolute atomic E-state index is 0.100. The highest BCUT2D eigenvalue weighted by atomic mass is 32.2. The van der Waals surface area contributed by atoms with Crippen molar-refractivity contribution < 1.29 is 14.4 Å². The van der Waals surface area contributed by atoms with Gasteiger partial charge in [0.1, 0.15) is 0 Å². The van der Waals surface area contributed by atoms with E-state index in [1.807, 2.05) is 12.0 Å². The zero-order chi connectivity index (χ0) is 16.3. The van der Waals surface area contributed by atoms with Crippen molar-refractivity contribution >= 4 is 17.7 Å². The fourth-order valence-electron chi connectivity index (χ4n) is 6.04. The molecule has 6 rings (SSSR count). The molecule has 1 atom stereocenters. The van der Waals surface area contributed by atoms with Crippen LogP contribution in [0.25, 0.3) is 0 Å². The topological polar surface area (TPSA) is 50.8 Å². The van der Waals surface area contributed by atoms with Gasteiger partial charge in [0.05, 0.1) is 30.9 Å². The molecule has 0 saturated heterocycles. The summed E-state index contributed by atoms with van der Waals surface area (Å²) in [5.41, 5.74) is 0.869. The first-order valence-corrected chi connectivity index (χ1v) is 10.2.